The Labute approximate surface area is 144 Å². The topological polar surface area (TPSA) is 71.2 Å². The fraction of sp³-hybridized carbons (Fsp3) is 0.429. The monoisotopic (exact) mass is 363 g/mol. The summed E-state index contributed by atoms with van der Waals surface area (Å²) in [7, 11) is 0. The zero-order valence-electron chi connectivity index (χ0n) is 11.6. The van der Waals surface area contributed by atoms with Crippen molar-refractivity contribution >= 4 is 35.6 Å². The Balaban J connectivity index is 0.00000176. The van der Waals surface area contributed by atoms with E-state index >= 15 is 0 Å². The van der Waals surface area contributed by atoms with E-state index in [0.29, 0.717) is 5.02 Å². The van der Waals surface area contributed by atoms with E-state index in [2.05, 4.69) is 10.1 Å². The number of hydrogen-bond acceptors (Lipinski definition) is 4. The first kappa shape index (κ1) is 17.3. The highest BCUT2D eigenvalue weighted by molar-refractivity contribution is 6.31. The van der Waals surface area contributed by atoms with Crippen LogP contribution in [0.4, 0.5) is 0 Å². The van der Waals surface area contributed by atoms with Crippen LogP contribution in [-0.4, -0.2) is 35.5 Å². The minimum atomic E-state index is -1.18. The number of alkyl halides is 1. The third-order valence-corrected chi connectivity index (χ3v) is 5.01. The predicted octanol–water partition coefficient (Wildman–Crippen LogP) is 2.80. The van der Waals surface area contributed by atoms with Gasteiger partial charge >= 0.3 is 0 Å². The van der Waals surface area contributed by atoms with Crippen LogP contribution in [-0.2, 0) is 13.0 Å². The van der Waals surface area contributed by atoms with E-state index in [1.807, 2.05) is 0 Å². The molecule has 0 radical (unpaired) electrons. The van der Waals surface area contributed by atoms with Crippen molar-refractivity contribution in [3.8, 4) is 5.75 Å². The van der Waals surface area contributed by atoms with E-state index in [0.717, 1.165) is 18.4 Å². The average Bonchev–Trinajstić information content (AvgIpc) is 2.98. The van der Waals surface area contributed by atoms with Crippen molar-refractivity contribution in [3.63, 3.8) is 0 Å². The predicted molar refractivity (Wildman–Crippen MR) is 86.9 cm³/mol. The molecule has 1 heterocycles. The number of phenols is 1. The Kier molecular flexibility index (Phi) is 4.92. The Bertz CT molecular complexity index is 647. The van der Waals surface area contributed by atoms with Gasteiger partial charge in [-0.2, -0.15) is 5.10 Å². The molecule has 0 bridgehead atoms. The highest BCUT2D eigenvalue weighted by Gasteiger charge is 2.58. The van der Waals surface area contributed by atoms with Crippen LogP contribution in [0.5, 0.6) is 5.75 Å². The van der Waals surface area contributed by atoms with Gasteiger partial charge in [0, 0.05) is 11.4 Å². The lowest BCUT2D eigenvalue weighted by atomic mass is 9.89. The molecule has 1 aromatic heterocycles. The third kappa shape index (κ3) is 3.33. The number of hydrogen-bond donors (Lipinski definition) is 2. The van der Waals surface area contributed by atoms with Crippen molar-refractivity contribution in [1.82, 2.24) is 14.8 Å². The Hall–Kier alpha value is -1.01. The molecular weight excluding hydrogens is 349 g/mol. The van der Waals surface area contributed by atoms with E-state index in [1.54, 1.807) is 23.1 Å². The Morgan fingerprint density at radius 3 is 2.64 bits per heavy atom. The van der Waals surface area contributed by atoms with Gasteiger partial charge in [-0.05, 0) is 30.5 Å². The molecule has 5 nitrogen and oxygen atoms in total. The number of phenolic OH excluding ortho intramolecular Hbond substituents is 1. The number of benzene rings is 1. The average molecular weight is 365 g/mol. The van der Waals surface area contributed by atoms with E-state index in [9.17, 15) is 10.2 Å². The fourth-order valence-electron chi connectivity index (χ4n) is 2.51. The molecule has 1 fully saturated rings. The lowest BCUT2D eigenvalue weighted by molar-refractivity contribution is 0.00765. The van der Waals surface area contributed by atoms with Crippen LogP contribution in [0.2, 0.25) is 5.02 Å². The van der Waals surface area contributed by atoms with Gasteiger partial charge in [0.1, 0.15) is 24.0 Å². The van der Waals surface area contributed by atoms with Gasteiger partial charge in [0.15, 0.2) is 0 Å². The van der Waals surface area contributed by atoms with Crippen LogP contribution >= 0.6 is 35.6 Å². The van der Waals surface area contributed by atoms with Gasteiger partial charge < -0.3 is 10.2 Å². The van der Waals surface area contributed by atoms with Crippen LogP contribution < -0.4 is 0 Å². The molecule has 120 valence electrons. The molecule has 2 aromatic rings. The molecule has 3 rings (SSSR count). The lowest BCUT2D eigenvalue weighted by Gasteiger charge is -2.33. The minimum absolute atomic E-state index is 0. The molecule has 0 amide bonds. The first-order chi connectivity index (χ1) is 9.92. The smallest absolute Gasteiger partial charge is 0.137 e. The molecular formula is C14H16Cl3N3O2. The highest BCUT2D eigenvalue weighted by Crippen LogP contribution is 2.53. The summed E-state index contributed by atoms with van der Waals surface area (Å²) in [6.45, 7) is 0.244. The summed E-state index contributed by atoms with van der Waals surface area (Å²) in [5.74, 6) is 0.0931. The summed E-state index contributed by atoms with van der Waals surface area (Å²) < 4.78 is 1.57. The maximum atomic E-state index is 11.1. The van der Waals surface area contributed by atoms with Crippen molar-refractivity contribution in [2.24, 2.45) is 0 Å². The van der Waals surface area contributed by atoms with Crippen molar-refractivity contribution in [2.75, 3.05) is 0 Å². The summed E-state index contributed by atoms with van der Waals surface area (Å²) in [4.78, 5) is 3.22. The summed E-state index contributed by atoms with van der Waals surface area (Å²) in [5, 5.41) is 25.0. The van der Waals surface area contributed by atoms with Gasteiger partial charge in [0.25, 0.3) is 0 Å². The van der Waals surface area contributed by atoms with Crippen molar-refractivity contribution in [2.45, 2.75) is 36.3 Å². The quantitative estimate of drug-likeness (QED) is 0.800. The molecule has 1 unspecified atom stereocenters. The molecule has 1 aliphatic carbocycles. The molecule has 1 aromatic carbocycles. The van der Waals surface area contributed by atoms with Gasteiger partial charge in [-0.15, -0.1) is 24.0 Å². The zero-order chi connectivity index (χ0) is 15.1. The largest absolute Gasteiger partial charge is 0.508 e. The second-order valence-corrected chi connectivity index (χ2v) is 6.67. The number of rotatable bonds is 5. The lowest BCUT2D eigenvalue weighted by Crippen LogP contribution is -2.47. The first-order valence-electron chi connectivity index (χ1n) is 6.63. The van der Waals surface area contributed by atoms with Crippen LogP contribution in [0.15, 0.2) is 30.9 Å². The minimum Gasteiger partial charge on any atom is -0.508 e. The highest BCUT2D eigenvalue weighted by atomic mass is 35.5. The van der Waals surface area contributed by atoms with E-state index in [4.69, 9.17) is 23.2 Å². The second kappa shape index (κ2) is 6.24. The van der Waals surface area contributed by atoms with E-state index in [1.165, 1.54) is 12.4 Å². The normalized spacial score (nSPS) is 18.3. The number of aromatic nitrogens is 3. The molecule has 1 saturated carbocycles. The molecule has 8 heteroatoms. The standard InChI is InChI=1S/C14H15Cl2N3O2.ClH/c15-12-5-11(20)2-1-10(12)6-14(21,13(16)3-4-13)7-19-9-17-8-18-19;/h1-2,5,8-9,20-21H,3-4,6-7H2;1H. The van der Waals surface area contributed by atoms with Crippen LogP contribution in [0.1, 0.15) is 18.4 Å². The van der Waals surface area contributed by atoms with Gasteiger partial charge in [-0.1, -0.05) is 17.7 Å². The van der Waals surface area contributed by atoms with Crippen molar-refractivity contribution in [1.29, 1.82) is 0 Å². The molecule has 1 aliphatic rings. The summed E-state index contributed by atoms with van der Waals surface area (Å²) in [6, 6.07) is 4.71. The van der Waals surface area contributed by atoms with Crippen LogP contribution in [0.25, 0.3) is 0 Å². The third-order valence-electron chi connectivity index (χ3n) is 3.93. The van der Waals surface area contributed by atoms with Gasteiger partial charge in [-0.25, -0.2) is 9.67 Å². The number of aliphatic hydroxyl groups is 1. The number of aromatic hydroxyl groups is 1. The molecule has 0 spiro atoms. The van der Waals surface area contributed by atoms with Gasteiger partial charge in [-0.3, -0.25) is 0 Å². The first-order valence-corrected chi connectivity index (χ1v) is 7.39. The van der Waals surface area contributed by atoms with Crippen molar-refractivity contribution < 1.29 is 10.2 Å². The van der Waals surface area contributed by atoms with Crippen LogP contribution in [0.3, 0.4) is 0 Å². The molecule has 2 N–H and O–H groups in total. The summed E-state index contributed by atoms with van der Waals surface area (Å²) >= 11 is 12.6. The number of halogens is 3. The maximum Gasteiger partial charge on any atom is 0.137 e. The summed E-state index contributed by atoms with van der Waals surface area (Å²) in [6.07, 6.45) is 4.74. The summed E-state index contributed by atoms with van der Waals surface area (Å²) in [5.41, 5.74) is -0.438. The van der Waals surface area contributed by atoms with Gasteiger partial charge in [0.2, 0.25) is 0 Å². The number of nitrogens with zero attached hydrogens (tertiary/aromatic N) is 3. The van der Waals surface area contributed by atoms with Gasteiger partial charge in [0.05, 0.1) is 11.4 Å². The van der Waals surface area contributed by atoms with E-state index < -0.39 is 10.5 Å². The second-order valence-electron chi connectivity index (χ2n) is 5.54. The molecule has 1 atom stereocenters. The SMILES string of the molecule is Cl.Oc1ccc(CC(O)(Cn2cncn2)C2(Cl)CC2)c(Cl)c1. The maximum absolute atomic E-state index is 11.1. The van der Waals surface area contributed by atoms with Crippen molar-refractivity contribution in [3.05, 3.63) is 41.4 Å². The molecule has 0 saturated heterocycles. The fourth-order valence-corrected chi connectivity index (χ4v) is 2.97. The zero-order valence-corrected chi connectivity index (χ0v) is 13.9. The Morgan fingerprint density at radius 1 is 1.36 bits per heavy atom. The van der Waals surface area contributed by atoms with Crippen LogP contribution in [0, 0.1) is 0 Å². The molecule has 22 heavy (non-hydrogen) atoms. The Morgan fingerprint density at radius 2 is 2.09 bits per heavy atom. The van der Waals surface area contributed by atoms with E-state index in [-0.39, 0.29) is 31.1 Å². The molecule has 0 aliphatic heterocycles.